The normalized spacial score (nSPS) is 48.1. The molecule has 0 aromatic carbocycles. The average molecular weight is 525 g/mol. The second kappa shape index (κ2) is 9.06. The maximum absolute atomic E-state index is 12.9. The number of hydrogen-bond acceptors (Lipinski definition) is 11. The summed E-state index contributed by atoms with van der Waals surface area (Å²) in [6.07, 6.45) is -4.97. The summed E-state index contributed by atoms with van der Waals surface area (Å²) in [4.78, 5) is 49.6. The third-order valence-electron chi connectivity index (χ3n) is 8.78. The first-order valence-corrected chi connectivity index (χ1v) is 12.6. The summed E-state index contributed by atoms with van der Waals surface area (Å²) in [5.74, 6) is -4.10. The summed E-state index contributed by atoms with van der Waals surface area (Å²) < 4.78 is 28.9. The first-order valence-electron chi connectivity index (χ1n) is 12.6. The molecule has 0 bridgehead atoms. The van der Waals surface area contributed by atoms with E-state index in [9.17, 15) is 29.4 Å². The predicted octanol–water partition coefficient (Wildman–Crippen LogP) is 0.969. The van der Waals surface area contributed by atoms with Gasteiger partial charge in [0.05, 0.1) is 6.10 Å². The minimum atomic E-state index is -1.44. The Balaban J connectivity index is 2.00. The van der Waals surface area contributed by atoms with E-state index in [1.165, 1.54) is 20.8 Å². The number of ether oxygens (including phenoxy) is 5. The molecule has 206 valence electrons. The number of aliphatic hydroxyl groups is 2. The van der Waals surface area contributed by atoms with Gasteiger partial charge in [-0.3, -0.25) is 14.4 Å². The highest BCUT2D eigenvalue weighted by Crippen LogP contribution is 2.65. The van der Waals surface area contributed by atoms with Gasteiger partial charge in [-0.1, -0.05) is 19.4 Å². The number of aliphatic hydroxyl groups excluding tert-OH is 2. The molecule has 1 spiro atoms. The number of esters is 4. The van der Waals surface area contributed by atoms with Gasteiger partial charge in [-0.05, 0) is 25.8 Å². The molecule has 0 amide bonds. The van der Waals surface area contributed by atoms with Crippen LogP contribution < -0.4 is 0 Å². The molecule has 3 fully saturated rings. The van der Waals surface area contributed by atoms with Gasteiger partial charge in [0.1, 0.15) is 24.4 Å². The highest BCUT2D eigenvalue weighted by atomic mass is 16.7. The molecule has 0 aromatic rings. The van der Waals surface area contributed by atoms with Crippen molar-refractivity contribution in [1.82, 2.24) is 0 Å². The molecular weight excluding hydrogens is 488 g/mol. The number of carbonyl (C=O) groups is 4. The largest absolute Gasteiger partial charge is 0.462 e. The zero-order valence-electron chi connectivity index (χ0n) is 22.2. The number of fused-ring (bicyclic) bond motifs is 1. The van der Waals surface area contributed by atoms with Crippen LogP contribution in [0.3, 0.4) is 0 Å². The lowest BCUT2D eigenvalue weighted by molar-refractivity contribution is -0.239. The Morgan fingerprint density at radius 2 is 1.62 bits per heavy atom. The second-order valence-electron chi connectivity index (χ2n) is 11.2. The molecule has 2 saturated heterocycles. The van der Waals surface area contributed by atoms with Crippen molar-refractivity contribution in [2.75, 3.05) is 0 Å². The van der Waals surface area contributed by atoms with E-state index in [1.54, 1.807) is 33.8 Å². The predicted molar refractivity (Wildman–Crippen MR) is 125 cm³/mol. The van der Waals surface area contributed by atoms with Crippen LogP contribution in [0, 0.1) is 17.3 Å². The number of carbonyl (C=O) groups excluding carboxylic acids is 4. The van der Waals surface area contributed by atoms with Crippen LogP contribution in [0.4, 0.5) is 0 Å². The number of epoxide rings is 1. The smallest absolute Gasteiger partial charge is 0.342 e. The molecule has 11 atom stereocenters. The third-order valence-corrected chi connectivity index (χ3v) is 8.78. The van der Waals surface area contributed by atoms with Crippen molar-refractivity contribution >= 4 is 23.9 Å². The molecule has 11 heteroatoms. The summed E-state index contributed by atoms with van der Waals surface area (Å²) in [5.41, 5.74) is -3.66. The van der Waals surface area contributed by atoms with Gasteiger partial charge < -0.3 is 33.9 Å². The van der Waals surface area contributed by atoms with E-state index in [-0.39, 0.29) is 12.8 Å². The summed E-state index contributed by atoms with van der Waals surface area (Å²) >= 11 is 0. The monoisotopic (exact) mass is 524 g/mol. The van der Waals surface area contributed by atoms with Gasteiger partial charge in [-0.25, -0.2) is 4.79 Å². The van der Waals surface area contributed by atoms with Crippen LogP contribution in [0.15, 0.2) is 11.6 Å². The standard InChI is InChI=1S/C26H36O11/c1-11-8-17(33-13(3)27)21(31)24(6)18(34-14(4)28)10-16(30)12(2)20(24)22(35-15(5)29)26-19(9-11)36-23(32)25(26,7)37-26/h9,12,16-22,30-31H,8,10H2,1-7H3/b11-9+/t12-,16-,17-,18-,19-,20+,21+,22+,24+,25-,26-/m0/s1. The molecule has 0 unspecified atom stereocenters. The Morgan fingerprint density at radius 3 is 2.16 bits per heavy atom. The molecule has 2 heterocycles. The van der Waals surface area contributed by atoms with E-state index in [4.69, 9.17) is 23.7 Å². The Morgan fingerprint density at radius 1 is 1.03 bits per heavy atom. The maximum atomic E-state index is 12.9. The highest BCUT2D eigenvalue weighted by Gasteiger charge is 2.87. The zero-order chi connectivity index (χ0) is 27.7. The Hall–Kier alpha value is -2.50. The summed E-state index contributed by atoms with van der Waals surface area (Å²) in [5, 5.41) is 23.0. The fraction of sp³-hybridized carbons (Fsp3) is 0.769. The van der Waals surface area contributed by atoms with E-state index in [1.807, 2.05) is 0 Å². The molecule has 4 aliphatic rings. The molecule has 1 saturated carbocycles. The minimum Gasteiger partial charge on any atom is -0.462 e. The van der Waals surface area contributed by atoms with Crippen LogP contribution in [0.25, 0.3) is 0 Å². The van der Waals surface area contributed by atoms with E-state index in [0.29, 0.717) is 5.57 Å². The van der Waals surface area contributed by atoms with E-state index < -0.39 is 89.0 Å². The van der Waals surface area contributed by atoms with E-state index in [0.717, 1.165) is 0 Å². The molecule has 11 nitrogen and oxygen atoms in total. The molecular formula is C26H36O11. The van der Waals surface area contributed by atoms with Crippen molar-refractivity contribution < 1.29 is 53.1 Å². The first-order chi connectivity index (χ1) is 17.1. The van der Waals surface area contributed by atoms with Crippen molar-refractivity contribution in [3.8, 4) is 0 Å². The van der Waals surface area contributed by atoms with Crippen molar-refractivity contribution in [2.45, 2.75) is 109 Å². The van der Waals surface area contributed by atoms with Gasteiger partial charge in [0.15, 0.2) is 17.3 Å². The topological polar surface area (TPSA) is 158 Å². The van der Waals surface area contributed by atoms with Crippen LogP contribution >= 0.6 is 0 Å². The minimum absolute atomic E-state index is 0.0107. The molecule has 4 rings (SSSR count). The van der Waals surface area contributed by atoms with Gasteiger partial charge in [0.25, 0.3) is 0 Å². The van der Waals surface area contributed by atoms with Gasteiger partial charge in [-0.15, -0.1) is 0 Å². The lowest BCUT2D eigenvalue weighted by Gasteiger charge is -2.56. The van der Waals surface area contributed by atoms with Crippen LogP contribution in [-0.2, 0) is 42.9 Å². The van der Waals surface area contributed by atoms with Crippen molar-refractivity contribution in [2.24, 2.45) is 17.3 Å². The molecule has 0 aromatic heterocycles. The van der Waals surface area contributed by atoms with Crippen LogP contribution in [0.2, 0.25) is 0 Å². The molecule has 2 aliphatic carbocycles. The quantitative estimate of drug-likeness (QED) is 0.234. The van der Waals surface area contributed by atoms with Gasteiger partial charge >= 0.3 is 23.9 Å². The summed E-state index contributed by atoms with van der Waals surface area (Å²) in [6.45, 7) is 10.3. The van der Waals surface area contributed by atoms with Gasteiger partial charge in [0, 0.05) is 44.9 Å². The number of hydrogen-bond donors (Lipinski definition) is 2. The molecule has 37 heavy (non-hydrogen) atoms. The number of rotatable bonds is 3. The molecule has 2 aliphatic heterocycles. The Bertz CT molecular complexity index is 1040. The van der Waals surface area contributed by atoms with Gasteiger partial charge in [-0.2, -0.15) is 0 Å². The Kier molecular flexibility index (Phi) is 6.74. The molecule has 0 radical (unpaired) electrons. The van der Waals surface area contributed by atoms with Crippen molar-refractivity contribution in [3.05, 3.63) is 11.6 Å². The summed E-state index contributed by atoms with van der Waals surface area (Å²) in [6, 6.07) is 0. The van der Waals surface area contributed by atoms with E-state index in [2.05, 4.69) is 0 Å². The first kappa shape index (κ1) is 27.5. The Labute approximate surface area is 215 Å². The third kappa shape index (κ3) is 4.06. The SMILES string of the molecule is CC(=O)O[C@H]1C/C(C)=C/[C@@H]2OC(=O)[C@]3(C)O[C@]23[C@H](OC(C)=O)[C@H]2[C@@H](C)[C@@H](O)C[C@H](OC(C)=O)[C@@]2(C)[C@@H]1O. The summed E-state index contributed by atoms with van der Waals surface area (Å²) in [7, 11) is 0. The van der Waals surface area contributed by atoms with Crippen LogP contribution in [-0.4, -0.2) is 81.9 Å². The van der Waals surface area contributed by atoms with Crippen molar-refractivity contribution in [1.29, 1.82) is 0 Å². The van der Waals surface area contributed by atoms with Crippen LogP contribution in [0.1, 0.15) is 61.3 Å². The molecule has 2 N–H and O–H groups in total. The zero-order valence-corrected chi connectivity index (χ0v) is 22.2. The second-order valence-corrected chi connectivity index (χ2v) is 11.2. The fourth-order valence-electron chi connectivity index (χ4n) is 6.96. The highest BCUT2D eigenvalue weighted by molar-refractivity contribution is 5.89. The lowest BCUT2D eigenvalue weighted by Crippen LogP contribution is -2.67. The lowest BCUT2D eigenvalue weighted by atomic mass is 9.53. The van der Waals surface area contributed by atoms with Crippen molar-refractivity contribution in [3.63, 3.8) is 0 Å². The average Bonchev–Trinajstić information content (AvgIpc) is 3.36. The van der Waals surface area contributed by atoms with Gasteiger partial charge in [0.2, 0.25) is 0 Å². The van der Waals surface area contributed by atoms with E-state index >= 15 is 0 Å². The maximum Gasteiger partial charge on any atom is 0.342 e. The van der Waals surface area contributed by atoms with Crippen LogP contribution in [0.5, 0.6) is 0 Å². The fourth-order valence-corrected chi connectivity index (χ4v) is 6.96.